The van der Waals surface area contributed by atoms with E-state index in [1.165, 1.54) is 29.4 Å². The molecule has 10 nitrogen and oxygen atoms in total. The zero-order chi connectivity index (χ0) is 27.8. The first-order chi connectivity index (χ1) is 18.9. The number of unbranched alkanes of at least 4 members (excludes halogenated alkanes) is 1. The lowest BCUT2D eigenvalue weighted by Gasteiger charge is -2.14. The third kappa shape index (κ3) is 7.10. The Kier molecular flexibility index (Phi) is 10.2. The second kappa shape index (κ2) is 13.8. The summed E-state index contributed by atoms with van der Waals surface area (Å²) in [6, 6.07) is 3.25. The van der Waals surface area contributed by atoms with Crippen LogP contribution in [0.4, 0.5) is 5.00 Å². The number of anilines is 1. The summed E-state index contributed by atoms with van der Waals surface area (Å²) >= 11 is 2.78. The molecular formula is C27H35N5O5S2. The first-order valence-electron chi connectivity index (χ1n) is 13.5. The standard InChI is InChI=1S/C27H35N5O5S2/c1-4-6-14-32-21(16-28-24(34)19-12-10-15-37-19)30-31-27(32)38-17(3)23(33)29-25-22(26(35)36-5-2)18-11-8-7-9-13-20(18)39-25/h10,12,15,17H,4-9,11,13-14,16H2,1-3H3,(H,28,34)(H,29,33). The topological polar surface area (TPSA) is 128 Å². The Morgan fingerprint density at radius 3 is 2.77 bits per heavy atom. The molecule has 0 aromatic carbocycles. The van der Waals surface area contributed by atoms with Crippen LogP contribution in [-0.4, -0.2) is 44.4 Å². The summed E-state index contributed by atoms with van der Waals surface area (Å²) in [5.41, 5.74) is 1.53. The number of hydrogen-bond acceptors (Lipinski definition) is 9. The molecule has 1 aliphatic rings. The predicted octanol–water partition coefficient (Wildman–Crippen LogP) is 5.23. The van der Waals surface area contributed by atoms with Crippen LogP contribution < -0.4 is 10.6 Å². The van der Waals surface area contributed by atoms with Crippen LogP contribution in [0.2, 0.25) is 0 Å². The fourth-order valence-corrected chi connectivity index (χ4v) is 6.58. The number of rotatable bonds is 12. The Morgan fingerprint density at radius 2 is 2.03 bits per heavy atom. The van der Waals surface area contributed by atoms with Crippen LogP contribution in [0.1, 0.15) is 90.1 Å². The van der Waals surface area contributed by atoms with Crippen molar-refractivity contribution in [2.45, 2.75) is 89.2 Å². The van der Waals surface area contributed by atoms with Gasteiger partial charge in [0.15, 0.2) is 16.7 Å². The van der Waals surface area contributed by atoms with Crippen LogP contribution >= 0.6 is 23.1 Å². The number of carbonyl (C=O) groups is 3. The van der Waals surface area contributed by atoms with Crippen molar-refractivity contribution in [3.63, 3.8) is 0 Å². The molecule has 3 aromatic heterocycles. The first kappa shape index (κ1) is 28.9. The van der Waals surface area contributed by atoms with E-state index >= 15 is 0 Å². The average molecular weight is 574 g/mol. The summed E-state index contributed by atoms with van der Waals surface area (Å²) in [5.74, 6) is -0.112. The number of furan rings is 1. The smallest absolute Gasteiger partial charge is 0.341 e. The molecule has 39 heavy (non-hydrogen) atoms. The lowest BCUT2D eigenvalue weighted by molar-refractivity contribution is -0.115. The number of aryl methyl sites for hydroxylation is 1. The van der Waals surface area contributed by atoms with E-state index in [1.54, 1.807) is 26.0 Å². The molecule has 0 saturated heterocycles. The molecule has 2 N–H and O–H groups in total. The largest absolute Gasteiger partial charge is 0.462 e. The van der Waals surface area contributed by atoms with Gasteiger partial charge >= 0.3 is 5.97 Å². The molecule has 1 atom stereocenters. The van der Waals surface area contributed by atoms with Gasteiger partial charge in [-0.15, -0.1) is 21.5 Å². The van der Waals surface area contributed by atoms with Crippen molar-refractivity contribution >= 4 is 45.9 Å². The highest BCUT2D eigenvalue weighted by molar-refractivity contribution is 8.00. The van der Waals surface area contributed by atoms with Crippen molar-refractivity contribution < 1.29 is 23.5 Å². The van der Waals surface area contributed by atoms with E-state index in [-0.39, 0.29) is 36.7 Å². The lowest BCUT2D eigenvalue weighted by atomic mass is 10.1. The van der Waals surface area contributed by atoms with Gasteiger partial charge in [0.1, 0.15) is 5.00 Å². The summed E-state index contributed by atoms with van der Waals surface area (Å²) in [5, 5.41) is 15.1. The average Bonchev–Trinajstić information content (AvgIpc) is 3.63. The number of thioether (sulfide) groups is 1. The number of aromatic nitrogens is 3. The fourth-order valence-electron chi connectivity index (χ4n) is 4.41. The van der Waals surface area contributed by atoms with E-state index in [0.717, 1.165) is 55.4 Å². The van der Waals surface area contributed by atoms with E-state index in [1.807, 2.05) is 4.57 Å². The number of nitrogens with one attached hydrogen (secondary N) is 2. The number of fused-ring (bicyclic) bond motifs is 1. The van der Waals surface area contributed by atoms with E-state index in [2.05, 4.69) is 27.8 Å². The van der Waals surface area contributed by atoms with Gasteiger partial charge in [0.05, 0.1) is 30.2 Å². The minimum Gasteiger partial charge on any atom is -0.462 e. The van der Waals surface area contributed by atoms with Crippen LogP contribution in [0.3, 0.4) is 0 Å². The third-order valence-corrected chi connectivity index (χ3v) is 8.76. The minimum absolute atomic E-state index is 0.182. The summed E-state index contributed by atoms with van der Waals surface area (Å²) in [6.07, 6.45) is 8.27. The molecule has 210 valence electrons. The van der Waals surface area contributed by atoms with E-state index in [9.17, 15) is 14.4 Å². The molecule has 0 aliphatic heterocycles. The van der Waals surface area contributed by atoms with Crippen LogP contribution in [0.5, 0.6) is 0 Å². The summed E-state index contributed by atoms with van der Waals surface area (Å²) in [7, 11) is 0. The molecule has 2 amide bonds. The normalized spacial score (nSPS) is 13.8. The monoisotopic (exact) mass is 573 g/mol. The van der Waals surface area contributed by atoms with Crippen molar-refractivity contribution in [2.75, 3.05) is 11.9 Å². The van der Waals surface area contributed by atoms with Gasteiger partial charge in [0, 0.05) is 11.4 Å². The van der Waals surface area contributed by atoms with Gasteiger partial charge in [0.25, 0.3) is 5.91 Å². The Bertz CT molecular complexity index is 1280. The summed E-state index contributed by atoms with van der Waals surface area (Å²) in [6.45, 7) is 6.80. The molecule has 0 radical (unpaired) electrons. The number of ether oxygens (including phenoxy) is 1. The second-order valence-electron chi connectivity index (χ2n) is 9.30. The molecule has 0 fully saturated rings. The van der Waals surface area contributed by atoms with Crippen molar-refractivity contribution in [3.8, 4) is 0 Å². The number of amides is 2. The van der Waals surface area contributed by atoms with Crippen molar-refractivity contribution in [1.82, 2.24) is 20.1 Å². The summed E-state index contributed by atoms with van der Waals surface area (Å²) < 4.78 is 12.4. The number of hydrogen-bond donors (Lipinski definition) is 2. The van der Waals surface area contributed by atoms with Crippen LogP contribution in [0.15, 0.2) is 28.0 Å². The highest BCUT2D eigenvalue weighted by atomic mass is 32.2. The van der Waals surface area contributed by atoms with Crippen molar-refractivity contribution in [3.05, 3.63) is 46.0 Å². The quantitative estimate of drug-likeness (QED) is 0.171. The van der Waals surface area contributed by atoms with Gasteiger partial charge in [-0.05, 0) is 63.6 Å². The molecule has 3 heterocycles. The highest BCUT2D eigenvalue weighted by Gasteiger charge is 2.28. The van der Waals surface area contributed by atoms with E-state index in [4.69, 9.17) is 9.15 Å². The maximum atomic E-state index is 13.3. The molecule has 12 heteroatoms. The molecule has 0 spiro atoms. The van der Waals surface area contributed by atoms with Gasteiger partial charge < -0.3 is 24.4 Å². The molecule has 4 rings (SSSR count). The Labute approximate surface area is 236 Å². The van der Waals surface area contributed by atoms with Gasteiger partial charge in [-0.1, -0.05) is 31.5 Å². The van der Waals surface area contributed by atoms with Crippen LogP contribution in [-0.2, 0) is 35.5 Å². The van der Waals surface area contributed by atoms with Gasteiger partial charge in [-0.25, -0.2) is 4.79 Å². The Balaban J connectivity index is 1.47. The van der Waals surface area contributed by atoms with Gasteiger partial charge in [-0.2, -0.15) is 0 Å². The SMILES string of the molecule is CCCCn1c(CNC(=O)c2ccco2)nnc1SC(C)C(=O)Nc1sc2c(c1C(=O)OCC)CCCCC2. The van der Waals surface area contributed by atoms with Gasteiger partial charge in [0.2, 0.25) is 5.91 Å². The second-order valence-corrected chi connectivity index (χ2v) is 11.7. The van der Waals surface area contributed by atoms with E-state index in [0.29, 0.717) is 28.1 Å². The molecule has 1 aliphatic carbocycles. The predicted molar refractivity (Wildman–Crippen MR) is 150 cm³/mol. The van der Waals surface area contributed by atoms with Crippen LogP contribution in [0, 0.1) is 0 Å². The van der Waals surface area contributed by atoms with Gasteiger partial charge in [-0.3, -0.25) is 9.59 Å². The maximum Gasteiger partial charge on any atom is 0.341 e. The molecule has 0 saturated carbocycles. The molecular weight excluding hydrogens is 538 g/mol. The summed E-state index contributed by atoms with van der Waals surface area (Å²) in [4.78, 5) is 39.6. The number of carbonyl (C=O) groups excluding carboxylic acids is 3. The maximum absolute atomic E-state index is 13.3. The van der Waals surface area contributed by atoms with E-state index < -0.39 is 5.25 Å². The number of thiophene rings is 1. The fraction of sp³-hybridized carbons (Fsp3) is 0.519. The van der Waals surface area contributed by atoms with Crippen molar-refractivity contribution in [1.29, 1.82) is 0 Å². The Hall–Kier alpha value is -3.12. The van der Waals surface area contributed by atoms with Crippen molar-refractivity contribution in [2.24, 2.45) is 0 Å². The zero-order valence-electron chi connectivity index (χ0n) is 22.6. The third-order valence-electron chi connectivity index (χ3n) is 6.47. The molecule has 3 aromatic rings. The first-order valence-corrected chi connectivity index (χ1v) is 15.1. The van der Waals surface area contributed by atoms with Crippen LogP contribution in [0.25, 0.3) is 0 Å². The lowest BCUT2D eigenvalue weighted by Crippen LogP contribution is -2.25. The molecule has 0 bridgehead atoms. The zero-order valence-corrected chi connectivity index (χ0v) is 24.2. The number of esters is 1. The molecule has 1 unspecified atom stereocenters. The number of nitrogens with zero attached hydrogens (tertiary/aromatic N) is 3. The Morgan fingerprint density at radius 1 is 1.21 bits per heavy atom. The highest BCUT2D eigenvalue weighted by Crippen LogP contribution is 2.38. The minimum atomic E-state index is -0.503.